The number of hydrogen-bond donors (Lipinski definition) is 9. The molecule has 0 radical (unpaired) electrons. The monoisotopic (exact) mass is 895 g/mol. The van der Waals surface area contributed by atoms with Crippen LogP contribution in [-0.2, 0) is 9.53 Å². The van der Waals surface area contributed by atoms with Crippen LogP contribution in [0.5, 0.6) is 0 Å². The topological polar surface area (TPSA) is 229 Å². The maximum atomic E-state index is 13.2. The van der Waals surface area contributed by atoms with Crippen LogP contribution in [0.3, 0.4) is 0 Å². The second-order valence-corrected chi connectivity index (χ2v) is 11.5. The van der Waals surface area contributed by atoms with Crippen molar-refractivity contribution >= 4 is 91.2 Å². The van der Waals surface area contributed by atoms with Crippen LogP contribution in [0.15, 0.2) is 0 Å². The smallest absolute Gasteiger partial charge is 0.253 e. The van der Waals surface area contributed by atoms with E-state index in [2.05, 4.69) is 10.6 Å². The van der Waals surface area contributed by atoms with E-state index in [1.165, 1.54) is 11.8 Å². The van der Waals surface area contributed by atoms with E-state index in [1.54, 1.807) is 22.6 Å². The molecule has 0 aliphatic rings. The largest absolute Gasteiger partial charge is 0.394 e. The number of carbonyl (C=O) groups is 3. The standard InChI is InChI=1S/C22H32I3N3O11/c1-10(33)28(4-14(8-32)39-9-13(36)7-31)20-18(24)15(21(37)26-2-11(34)5-29)17(23)16(19(20)25)22(38)27-3-12(35)6-30/h11-14,29-32,34-36H,2-9H2,1H3,(H,26,37)(H,27,38). The minimum Gasteiger partial charge on any atom is -0.394 e. The maximum Gasteiger partial charge on any atom is 0.253 e. The van der Waals surface area contributed by atoms with Crippen LogP contribution in [0.1, 0.15) is 27.6 Å². The summed E-state index contributed by atoms with van der Waals surface area (Å²) in [5, 5.41) is 70.9. The molecule has 17 heteroatoms. The number of ether oxygens (including phenoxy) is 1. The number of rotatable bonds is 16. The van der Waals surface area contributed by atoms with Gasteiger partial charge in [0.2, 0.25) is 5.91 Å². The zero-order chi connectivity index (χ0) is 29.9. The predicted octanol–water partition coefficient (Wildman–Crippen LogP) is -2.25. The van der Waals surface area contributed by atoms with E-state index in [9.17, 15) is 34.8 Å². The SMILES string of the molecule is CC(=O)N(CC(CO)OCC(O)CO)c1c(I)c(C(=O)NCC(O)CO)c(I)c(C(=O)NCC(O)CO)c1I. The van der Waals surface area contributed by atoms with E-state index in [1.807, 2.05) is 45.2 Å². The number of halogens is 3. The zero-order valence-corrected chi connectivity index (χ0v) is 27.3. The van der Waals surface area contributed by atoms with Gasteiger partial charge in [-0.05, 0) is 67.8 Å². The Morgan fingerprint density at radius 2 is 1.21 bits per heavy atom. The van der Waals surface area contributed by atoms with Gasteiger partial charge in [0.15, 0.2) is 0 Å². The van der Waals surface area contributed by atoms with Crippen molar-refractivity contribution in [1.82, 2.24) is 10.6 Å². The normalized spacial score (nSPS) is 14.3. The lowest BCUT2D eigenvalue weighted by atomic mass is 10.1. The highest BCUT2D eigenvalue weighted by Gasteiger charge is 2.32. The average Bonchev–Trinajstić information content (AvgIpc) is 2.90. The van der Waals surface area contributed by atoms with Gasteiger partial charge < -0.3 is 56.0 Å². The molecule has 0 saturated heterocycles. The molecule has 0 aromatic heterocycles. The van der Waals surface area contributed by atoms with E-state index in [0.29, 0.717) is 0 Å². The quantitative estimate of drug-likeness (QED) is 0.0806. The predicted molar refractivity (Wildman–Crippen MR) is 163 cm³/mol. The number of carbonyl (C=O) groups excluding carboxylic acids is 3. The molecule has 0 spiro atoms. The van der Waals surface area contributed by atoms with E-state index < -0.39 is 68.6 Å². The zero-order valence-electron chi connectivity index (χ0n) is 20.8. The van der Waals surface area contributed by atoms with Crippen molar-refractivity contribution in [3.05, 3.63) is 21.8 Å². The molecule has 0 aliphatic carbocycles. The van der Waals surface area contributed by atoms with Gasteiger partial charge in [-0.25, -0.2) is 0 Å². The third kappa shape index (κ3) is 10.7. The van der Waals surface area contributed by atoms with Crippen LogP contribution in [0.4, 0.5) is 5.69 Å². The first-order valence-corrected chi connectivity index (χ1v) is 14.7. The highest BCUT2D eigenvalue weighted by atomic mass is 127. The Morgan fingerprint density at radius 3 is 1.56 bits per heavy atom. The molecule has 14 nitrogen and oxygen atoms in total. The Hall–Kier alpha value is -0.500. The lowest BCUT2D eigenvalue weighted by Crippen LogP contribution is -2.42. The first-order chi connectivity index (χ1) is 18.3. The van der Waals surface area contributed by atoms with Gasteiger partial charge in [-0.1, -0.05) is 0 Å². The van der Waals surface area contributed by atoms with Crippen LogP contribution in [0.25, 0.3) is 0 Å². The Kier molecular flexibility index (Phi) is 17.0. The molecule has 0 fully saturated rings. The number of aliphatic hydroxyl groups is 7. The molecule has 4 unspecified atom stereocenters. The number of amides is 3. The summed E-state index contributed by atoms with van der Waals surface area (Å²) in [6.07, 6.45) is -4.69. The molecule has 0 heterocycles. The van der Waals surface area contributed by atoms with Crippen LogP contribution in [-0.4, -0.2) is 131 Å². The maximum absolute atomic E-state index is 13.2. The highest BCUT2D eigenvalue weighted by Crippen LogP contribution is 2.38. The number of aliphatic hydroxyl groups excluding tert-OH is 7. The molecule has 0 aliphatic heterocycles. The van der Waals surface area contributed by atoms with Gasteiger partial charge in [0.05, 0.1) is 81.8 Å². The second-order valence-electron chi connectivity index (χ2n) is 8.24. The molecule has 222 valence electrons. The number of nitrogens with one attached hydrogen (secondary N) is 2. The van der Waals surface area contributed by atoms with E-state index in [0.717, 1.165) is 0 Å². The lowest BCUT2D eigenvalue weighted by Gasteiger charge is -2.30. The number of nitrogens with zero attached hydrogens (tertiary/aromatic N) is 1. The van der Waals surface area contributed by atoms with Crippen molar-refractivity contribution in [2.24, 2.45) is 0 Å². The molecule has 0 bridgehead atoms. The van der Waals surface area contributed by atoms with Crippen molar-refractivity contribution in [2.45, 2.75) is 31.3 Å². The fourth-order valence-corrected chi connectivity index (χ4v) is 7.79. The fraction of sp³-hybridized carbons (Fsp3) is 0.591. The van der Waals surface area contributed by atoms with E-state index in [4.69, 9.17) is 20.1 Å². The van der Waals surface area contributed by atoms with Crippen molar-refractivity contribution in [3.63, 3.8) is 0 Å². The second kappa shape index (κ2) is 18.1. The summed E-state index contributed by atoms with van der Waals surface area (Å²) in [5.74, 6) is -1.94. The molecule has 1 aromatic rings. The minimum atomic E-state index is -1.24. The molecule has 39 heavy (non-hydrogen) atoms. The first-order valence-electron chi connectivity index (χ1n) is 11.5. The highest BCUT2D eigenvalue weighted by molar-refractivity contribution is 14.1. The van der Waals surface area contributed by atoms with Crippen LogP contribution < -0.4 is 15.5 Å². The van der Waals surface area contributed by atoms with E-state index >= 15 is 0 Å². The van der Waals surface area contributed by atoms with Crippen molar-refractivity contribution in [2.75, 3.05) is 57.6 Å². The van der Waals surface area contributed by atoms with E-state index in [-0.39, 0.29) is 53.8 Å². The van der Waals surface area contributed by atoms with Gasteiger partial charge in [-0.3, -0.25) is 14.4 Å². The van der Waals surface area contributed by atoms with Gasteiger partial charge in [-0.15, -0.1) is 0 Å². The molecule has 1 rings (SSSR count). The van der Waals surface area contributed by atoms with Gasteiger partial charge >= 0.3 is 0 Å². The third-order valence-corrected chi connectivity index (χ3v) is 8.32. The van der Waals surface area contributed by atoms with Crippen LogP contribution in [0, 0.1) is 10.7 Å². The van der Waals surface area contributed by atoms with Crippen molar-refractivity contribution in [3.8, 4) is 0 Å². The van der Waals surface area contributed by atoms with Gasteiger partial charge in [0, 0.05) is 23.6 Å². The summed E-state index contributed by atoms with van der Waals surface area (Å²) in [5.41, 5.74) is 0.135. The summed E-state index contributed by atoms with van der Waals surface area (Å²) in [7, 11) is 0. The molecular formula is C22H32I3N3O11. The minimum absolute atomic E-state index is 0.00645. The summed E-state index contributed by atoms with van der Waals surface area (Å²) < 4.78 is 6.15. The summed E-state index contributed by atoms with van der Waals surface area (Å²) in [6.45, 7) is -2.25. The lowest BCUT2D eigenvalue weighted by molar-refractivity contribution is -0.117. The molecular weight excluding hydrogens is 863 g/mol. The first kappa shape index (κ1) is 36.5. The average molecular weight is 895 g/mol. The van der Waals surface area contributed by atoms with Crippen LogP contribution in [0.2, 0.25) is 0 Å². The number of anilines is 1. The van der Waals surface area contributed by atoms with Crippen molar-refractivity contribution in [1.29, 1.82) is 0 Å². The third-order valence-electron chi connectivity index (χ3n) is 5.14. The molecule has 4 atom stereocenters. The summed E-state index contributed by atoms with van der Waals surface area (Å²) in [6, 6.07) is 0. The molecule has 9 N–H and O–H groups in total. The molecule has 3 amide bonds. The molecule has 0 saturated carbocycles. The number of benzene rings is 1. The summed E-state index contributed by atoms with van der Waals surface area (Å²) >= 11 is 5.48. The molecule has 1 aromatic carbocycles. The Balaban J connectivity index is 3.70. The summed E-state index contributed by atoms with van der Waals surface area (Å²) in [4.78, 5) is 40.4. The van der Waals surface area contributed by atoms with Gasteiger partial charge in [0.1, 0.15) is 6.10 Å². The Labute approximate surface area is 265 Å². The van der Waals surface area contributed by atoms with Crippen LogP contribution >= 0.6 is 67.8 Å². The number of hydrogen-bond acceptors (Lipinski definition) is 11. The van der Waals surface area contributed by atoms with Crippen molar-refractivity contribution < 1.29 is 54.9 Å². The fourth-order valence-electron chi connectivity index (χ4n) is 3.06. The Morgan fingerprint density at radius 1 is 0.769 bits per heavy atom. The Bertz CT molecular complexity index is 949. The van der Waals surface area contributed by atoms with Gasteiger partial charge in [-0.2, -0.15) is 0 Å². The van der Waals surface area contributed by atoms with Gasteiger partial charge in [0.25, 0.3) is 11.8 Å².